The Balaban J connectivity index is 1.29. The number of amides is 2. The standard InChI is InChI=1S/C27H35N5O3/c1-35-12-4-11-31-16-20(23-5-2-3-6-24(23)31)17-32(22-7-8-22)25(33)19-13-21(15-29-14-19)30-26(34)27(18-28)9-10-27/h2-3,5-6,16,19,21-22,29H,4,7-15,17H2,1H3,(H,30,34). The number of carbonyl (C=O) groups excluding carboxylic acids is 2. The van der Waals surface area contributed by atoms with Crippen LogP contribution in [-0.2, 0) is 27.4 Å². The van der Waals surface area contributed by atoms with Crippen LogP contribution in [0, 0.1) is 22.7 Å². The third-order valence-electron chi connectivity index (χ3n) is 7.66. The SMILES string of the molecule is COCCCn1cc(CN(C(=O)C2CNCC(NC(=O)C3(C#N)CC3)C2)C2CC2)c2ccccc21. The molecule has 0 radical (unpaired) electrons. The molecule has 1 aromatic carbocycles. The number of aromatic nitrogens is 1. The van der Waals surface area contributed by atoms with Crippen LogP contribution in [0.3, 0.4) is 0 Å². The number of para-hydroxylation sites is 1. The second-order valence-electron chi connectivity index (χ2n) is 10.4. The Morgan fingerprint density at radius 3 is 2.80 bits per heavy atom. The number of benzene rings is 1. The van der Waals surface area contributed by atoms with Crippen molar-refractivity contribution in [3.05, 3.63) is 36.0 Å². The van der Waals surface area contributed by atoms with Gasteiger partial charge in [-0.2, -0.15) is 5.26 Å². The molecule has 2 aromatic rings. The molecule has 2 N–H and O–H groups in total. The maximum absolute atomic E-state index is 13.7. The van der Waals surface area contributed by atoms with E-state index in [0.29, 0.717) is 44.9 Å². The van der Waals surface area contributed by atoms with Crippen molar-refractivity contribution in [2.24, 2.45) is 11.3 Å². The number of fused-ring (bicyclic) bond motifs is 1. The largest absolute Gasteiger partial charge is 0.385 e. The van der Waals surface area contributed by atoms with Gasteiger partial charge in [0.2, 0.25) is 11.8 Å². The first kappa shape index (κ1) is 23.8. The molecule has 2 amide bonds. The smallest absolute Gasteiger partial charge is 0.240 e. The minimum atomic E-state index is -0.839. The Labute approximate surface area is 206 Å². The van der Waals surface area contributed by atoms with Gasteiger partial charge in [0.1, 0.15) is 5.41 Å². The molecule has 2 heterocycles. The molecule has 1 aromatic heterocycles. The lowest BCUT2D eigenvalue weighted by molar-refractivity contribution is -0.138. The van der Waals surface area contributed by atoms with Gasteiger partial charge in [-0.15, -0.1) is 0 Å². The number of rotatable bonds is 10. The predicted molar refractivity (Wildman–Crippen MR) is 132 cm³/mol. The molecule has 186 valence electrons. The van der Waals surface area contributed by atoms with E-state index < -0.39 is 5.41 Å². The summed E-state index contributed by atoms with van der Waals surface area (Å²) in [5.74, 6) is -0.196. The average molecular weight is 478 g/mol. The van der Waals surface area contributed by atoms with E-state index in [4.69, 9.17) is 4.74 Å². The highest BCUT2D eigenvalue weighted by Gasteiger charge is 2.51. The molecule has 1 saturated heterocycles. The van der Waals surface area contributed by atoms with Crippen molar-refractivity contribution in [1.29, 1.82) is 5.26 Å². The average Bonchev–Trinajstić information content (AvgIpc) is 3.81. The predicted octanol–water partition coefficient (Wildman–Crippen LogP) is 2.57. The number of nitrogens with zero attached hydrogens (tertiary/aromatic N) is 3. The molecule has 0 bridgehead atoms. The van der Waals surface area contributed by atoms with E-state index in [1.165, 1.54) is 16.5 Å². The van der Waals surface area contributed by atoms with E-state index in [-0.39, 0.29) is 23.8 Å². The highest BCUT2D eigenvalue weighted by Crippen LogP contribution is 2.45. The lowest BCUT2D eigenvalue weighted by Crippen LogP contribution is -2.54. The molecule has 5 rings (SSSR count). The van der Waals surface area contributed by atoms with Crippen molar-refractivity contribution >= 4 is 22.7 Å². The molecule has 2 saturated carbocycles. The number of carbonyl (C=O) groups is 2. The summed E-state index contributed by atoms with van der Waals surface area (Å²) in [7, 11) is 1.72. The summed E-state index contributed by atoms with van der Waals surface area (Å²) in [6.45, 7) is 3.46. The van der Waals surface area contributed by atoms with E-state index in [0.717, 1.165) is 32.4 Å². The van der Waals surface area contributed by atoms with Crippen molar-refractivity contribution in [1.82, 2.24) is 20.1 Å². The Kier molecular flexibility index (Phi) is 6.81. The molecule has 2 atom stereocenters. The highest BCUT2D eigenvalue weighted by molar-refractivity contribution is 5.89. The van der Waals surface area contributed by atoms with E-state index in [1.807, 2.05) is 0 Å². The number of piperidine rings is 1. The van der Waals surface area contributed by atoms with Crippen molar-refractivity contribution in [3.8, 4) is 6.07 Å². The first-order valence-electron chi connectivity index (χ1n) is 12.8. The van der Waals surface area contributed by atoms with Crippen molar-refractivity contribution in [2.75, 3.05) is 26.8 Å². The Bertz CT molecular complexity index is 1130. The Morgan fingerprint density at radius 1 is 1.29 bits per heavy atom. The van der Waals surface area contributed by atoms with Gasteiger partial charge in [0, 0.05) is 69.1 Å². The van der Waals surface area contributed by atoms with E-state index in [2.05, 4.69) is 56.6 Å². The van der Waals surface area contributed by atoms with Crippen molar-refractivity contribution < 1.29 is 14.3 Å². The van der Waals surface area contributed by atoms with Crippen LogP contribution in [0.25, 0.3) is 10.9 Å². The minimum absolute atomic E-state index is 0.125. The van der Waals surface area contributed by atoms with Gasteiger partial charge in [-0.3, -0.25) is 9.59 Å². The first-order chi connectivity index (χ1) is 17.0. The van der Waals surface area contributed by atoms with Crippen LogP contribution in [0.1, 0.15) is 44.1 Å². The van der Waals surface area contributed by atoms with E-state index in [1.54, 1.807) is 7.11 Å². The molecule has 35 heavy (non-hydrogen) atoms. The molecule has 0 spiro atoms. The summed E-state index contributed by atoms with van der Waals surface area (Å²) in [5, 5.41) is 16.9. The fraction of sp³-hybridized carbons (Fsp3) is 0.593. The number of nitriles is 1. The number of nitrogens with one attached hydrogen (secondary N) is 2. The van der Waals surface area contributed by atoms with Crippen LogP contribution in [0.5, 0.6) is 0 Å². The van der Waals surface area contributed by atoms with Gasteiger partial charge in [-0.1, -0.05) is 18.2 Å². The quantitative estimate of drug-likeness (QED) is 0.513. The second-order valence-corrected chi connectivity index (χ2v) is 10.4. The Hall–Kier alpha value is -2.89. The van der Waals surface area contributed by atoms with E-state index in [9.17, 15) is 14.9 Å². The summed E-state index contributed by atoms with van der Waals surface area (Å²) in [6.07, 6.45) is 7.10. The van der Waals surface area contributed by atoms with Gasteiger partial charge in [0.15, 0.2) is 0 Å². The summed E-state index contributed by atoms with van der Waals surface area (Å²) < 4.78 is 7.51. The van der Waals surface area contributed by atoms with Crippen LogP contribution < -0.4 is 10.6 Å². The maximum Gasteiger partial charge on any atom is 0.240 e. The first-order valence-corrected chi connectivity index (χ1v) is 12.8. The van der Waals surface area contributed by atoms with Gasteiger partial charge in [-0.25, -0.2) is 0 Å². The summed E-state index contributed by atoms with van der Waals surface area (Å²) in [4.78, 5) is 28.3. The molecular formula is C27H35N5O3. The maximum atomic E-state index is 13.7. The van der Waals surface area contributed by atoms with Crippen LogP contribution in [-0.4, -0.2) is 60.2 Å². The lowest BCUT2D eigenvalue weighted by Gasteiger charge is -2.34. The summed E-state index contributed by atoms with van der Waals surface area (Å²) >= 11 is 0. The topological polar surface area (TPSA) is 99.4 Å². The van der Waals surface area contributed by atoms with Gasteiger partial charge in [0.05, 0.1) is 12.0 Å². The molecule has 8 heteroatoms. The number of aryl methyl sites for hydroxylation is 1. The third-order valence-corrected chi connectivity index (χ3v) is 7.66. The zero-order valence-corrected chi connectivity index (χ0v) is 20.5. The molecule has 1 aliphatic heterocycles. The van der Waals surface area contributed by atoms with Crippen LogP contribution >= 0.6 is 0 Å². The highest BCUT2D eigenvalue weighted by atomic mass is 16.5. The molecule has 3 fully saturated rings. The zero-order chi connectivity index (χ0) is 24.4. The number of ether oxygens (including phenoxy) is 1. The lowest BCUT2D eigenvalue weighted by atomic mass is 9.93. The van der Waals surface area contributed by atoms with Gasteiger partial charge in [0.25, 0.3) is 0 Å². The number of methoxy groups -OCH3 is 1. The minimum Gasteiger partial charge on any atom is -0.385 e. The number of hydrogen-bond acceptors (Lipinski definition) is 5. The molecule has 2 unspecified atom stereocenters. The molecule has 3 aliphatic rings. The van der Waals surface area contributed by atoms with Crippen LogP contribution in [0.4, 0.5) is 0 Å². The summed E-state index contributed by atoms with van der Waals surface area (Å²) in [6, 6.07) is 10.7. The third kappa shape index (κ3) is 5.07. The van der Waals surface area contributed by atoms with Gasteiger partial charge >= 0.3 is 0 Å². The summed E-state index contributed by atoms with van der Waals surface area (Å²) in [5.41, 5.74) is 1.53. The van der Waals surface area contributed by atoms with Crippen LogP contribution in [0.2, 0.25) is 0 Å². The monoisotopic (exact) mass is 477 g/mol. The second kappa shape index (κ2) is 10.00. The van der Waals surface area contributed by atoms with Gasteiger partial charge in [-0.05, 0) is 50.2 Å². The molecule has 2 aliphatic carbocycles. The van der Waals surface area contributed by atoms with Crippen LogP contribution in [0.15, 0.2) is 30.5 Å². The normalized spacial score (nSPS) is 23.0. The van der Waals surface area contributed by atoms with Crippen molar-refractivity contribution in [2.45, 2.75) is 63.7 Å². The van der Waals surface area contributed by atoms with Gasteiger partial charge < -0.3 is 24.8 Å². The molecular weight excluding hydrogens is 442 g/mol. The molecule has 8 nitrogen and oxygen atoms in total. The fourth-order valence-corrected chi connectivity index (χ4v) is 5.28. The van der Waals surface area contributed by atoms with Crippen molar-refractivity contribution in [3.63, 3.8) is 0 Å². The number of hydrogen-bond donors (Lipinski definition) is 2. The fourth-order valence-electron chi connectivity index (χ4n) is 5.28. The van der Waals surface area contributed by atoms with E-state index >= 15 is 0 Å². The Morgan fingerprint density at radius 2 is 2.09 bits per heavy atom. The zero-order valence-electron chi connectivity index (χ0n) is 20.5.